The van der Waals surface area contributed by atoms with Crippen LogP contribution in [0.15, 0.2) is 85.0 Å². The Morgan fingerprint density at radius 2 is 0.804 bits per heavy atom. The number of hydrogen-bond donors (Lipinski definition) is 0. The van der Waals surface area contributed by atoms with Crippen molar-refractivity contribution in [2.75, 3.05) is 39.6 Å². The quantitative estimate of drug-likeness (QED) is 0.0271. The van der Waals surface area contributed by atoms with Crippen LogP contribution in [0.3, 0.4) is 0 Å². The molecule has 56 heavy (non-hydrogen) atoms. The predicted molar refractivity (Wildman–Crippen MR) is 207 cm³/mol. The van der Waals surface area contributed by atoms with Crippen molar-refractivity contribution < 1.29 is 71.6 Å². The Morgan fingerprint density at radius 3 is 1.16 bits per heavy atom. The number of carbonyl (C=O) groups excluding carboxylic acids is 9. The largest absolute Gasteiger partial charge is 0.466 e. The number of carbonyl (C=O) groups is 9. The summed E-state index contributed by atoms with van der Waals surface area (Å²) in [6, 6.07) is 18.6. The maximum Gasteiger partial charge on any atom is 0.374 e. The fourth-order valence-corrected chi connectivity index (χ4v) is 3.38. The molecule has 1 unspecified atom stereocenters. The van der Waals surface area contributed by atoms with Gasteiger partial charge in [-0.3, -0.25) is 24.0 Å². The SMILES string of the molecule is C=C(C)C(=O)OCCOC(=O)CCC(=O)C(=O)OCCOC(=O)C(=C)C.CCOC(=O)CCC(=O)C(=O)OCC.O=C(c1ccccc1)c1ccccc1.[B]P. The fraction of sp³-hybridized carbons (Fsp3) is 0.359. The fourth-order valence-electron chi connectivity index (χ4n) is 3.38. The molecule has 0 aliphatic carbocycles. The minimum Gasteiger partial charge on any atom is -0.466 e. The van der Waals surface area contributed by atoms with Crippen LogP contribution in [0.5, 0.6) is 0 Å². The smallest absolute Gasteiger partial charge is 0.374 e. The number of ether oxygens (including phenoxy) is 6. The average molecular weight is 799 g/mol. The van der Waals surface area contributed by atoms with E-state index in [2.05, 4.69) is 39.7 Å². The number of hydrogen-bond acceptors (Lipinski definition) is 15. The average Bonchev–Trinajstić information content (AvgIpc) is 3.20. The van der Waals surface area contributed by atoms with Gasteiger partial charge in [-0.05, 0) is 27.7 Å². The highest BCUT2D eigenvalue weighted by Crippen LogP contribution is 2.08. The minimum atomic E-state index is -1.14. The van der Waals surface area contributed by atoms with Crippen molar-refractivity contribution in [2.45, 2.75) is 53.4 Å². The van der Waals surface area contributed by atoms with Crippen LogP contribution >= 0.6 is 9.12 Å². The number of ketones is 3. The van der Waals surface area contributed by atoms with Crippen molar-refractivity contribution in [3.05, 3.63) is 96.1 Å². The topological polar surface area (TPSA) is 209 Å². The maximum absolute atomic E-state index is 11.8. The minimum absolute atomic E-state index is 0.0752. The molecular formula is C39H48BO15P. The van der Waals surface area contributed by atoms with E-state index in [0.717, 1.165) is 11.1 Å². The Bertz CT molecular complexity index is 1570. The monoisotopic (exact) mass is 798 g/mol. The summed E-state index contributed by atoms with van der Waals surface area (Å²) >= 11 is 0. The second kappa shape index (κ2) is 32.7. The third kappa shape index (κ3) is 26.1. The van der Waals surface area contributed by atoms with E-state index in [1.807, 2.05) is 69.8 Å². The van der Waals surface area contributed by atoms with Crippen LogP contribution < -0.4 is 0 Å². The van der Waals surface area contributed by atoms with Gasteiger partial charge in [-0.1, -0.05) is 73.8 Å². The molecule has 0 spiro atoms. The Kier molecular flexibility index (Phi) is 30.5. The predicted octanol–water partition coefficient (Wildman–Crippen LogP) is 3.99. The highest BCUT2D eigenvalue weighted by molar-refractivity contribution is 7.49. The second-order valence-corrected chi connectivity index (χ2v) is 10.6. The van der Waals surface area contributed by atoms with Gasteiger partial charge in [-0.25, -0.2) is 19.2 Å². The van der Waals surface area contributed by atoms with E-state index in [1.165, 1.54) is 13.8 Å². The van der Waals surface area contributed by atoms with Crippen molar-refractivity contribution in [3.63, 3.8) is 0 Å². The number of Topliss-reactive ketones (excluding diaryl/α,β-unsaturated/α-hetero) is 2. The molecular weight excluding hydrogens is 750 g/mol. The summed E-state index contributed by atoms with van der Waals surface area (Å²) in [6.45, 7) is 12.6. The van der Waals surface area contributed by atoms with E-state index in [-0.39, 0.29) is 75.8 Å². The van der Waals surface area contributed by atoms with Crippen molar-refractivity contribution >= 4 is 69.8 Å². The van der Waals surface area contributed by atoms with Gasteiger partial charge in [0, 0.05) is 35.1 Å². The maximum atomic E-state index is 11.8. The second-order valence-electron chi connectivity index (χ2n) is 10.6. The number of benzene rings is 2. The van der Waals surface area contributed by atoms with Crippen LogP contribution in [0.25, 0.3) is 0 Å². The van der Waals surface area contributed by atoms with Crippen LogP contribution in [-0.4, -0.2) is 100 Å². The molecule has 0 heterocycles. The van der Waals surface area contributed by atoms with E-state index < -0.39 is 53.8 Å². The van der Waals surface area contributed by atoms with Gasteiger partial charge in [0.25, 0.3) is 0 Å². The van der Waals surface area contributed by atoms with Gasteiger partial charge in [-0.15, -0.1) is 0 Å². The van der Waals surface area contributed by atoms with Gasteiger partial charge < -0.3 is 28.4 Å². The molecule has 2 radical (unpaired) electrons. The number of rotatable bonds is 20. The zero-order chi connectivity index (χ0) is 42.9. The molecule has 0 aliphatic rings. The van der Waals surface area contributed by atoms with Gasteiger partial charge in [-0.2, -0.15) is 9.12 Å². The highest BCUT2D eigenvalue weighted by atomic mass is 31.0. The van der Waals surface area contributed by atoms with Gasteiger partial charge in [0.2, 0.25) is 11.6 Å². The molecule has 0 aliphatic heterocycles. The summed E-state index contributed by atoms with van der Waals surface area (Å²) < 4.78 is 27.8. The van der Waals surface area contributed by atoms with Gasteiger partial charge in [0.15, 0.2) is 5.78 Å². The molecule has 0 amide bonds. The van der Waals surface area contributed by atoms with Crippen LogP contribution in [0.1, 0.15) is 69.3 Å². The number of esters is 6. The Morgan fingerprint density at radius 1 is 0.482 bits per heavy atom. The third-order valence-electron chi connectivity index (χ3n) is 6.05. The molecule has 2 aromatic rings. The Labute approximate surface area is 330 Å². The van der Waals surface area contributed by atoms with E-state index >= 15 is 0 Å². The summed E-state index contributed by atoms with van der Waals surface area (Å²) in [5.41, 5.74) is 1.88. The zero-order valence-electron chi connectivity index (χ0n) is 32.0. The van der Waals surface area contributed by atoms with Crippen LogP contribution in [-0.2, 0) is 66.8 Å². The lowest BCUT2D eigenvalue weighted by atomic mass is 10.0. The van der Waals surface area contributed by atoms with Crippen LogP contribution in [0, 0.1) is 0 Å². The first kappa shape index (κ1) is 52.3. The lowest BCUT2D eigenvalue weighted by Gasteiger charge is -2.07. The van der Waals surface area contributed by atoms with Gasteiger partial charge in [0.05, 0.1) is 33.6 Å². The molecule has 2 rings (SSSR count). The summed E-state index contributed by atoms with van der Waals surface area (Å²) in [5, 5.41) is 0. The van der Waals surface area contributed by atoms with Gasteiger partial charge in [0.1, 0.15) is 26.4 Å². The molecule has 17 heteroatoms. The molecule has 0 saturated carbocycles. The van der Waals surface area contributed by atoms with Crippen LogP contribution in [0.4, 0.5) is 0 Å². The van der Waals surface area contributed by atoms with Crippen molar-refractivity contribution in [1.82, 2.24) is 0 Å². The molecule has 15 nitrogen and oxygen atoms in total. The third-order valence-corrected chi connectivity index (χ3v) is 6.05. The summed E-state index contributed by atoms with van der Waals surface area (Å²) in [6.07, 6.45) is -0.953. The Balaban J connectivity index is 0. The van der Waals surface area contributed by atoms with Crippen molar-refractivity contribution in [1.29, 1.82) is 0 Å². The highest BCUT2D eigenvalue weighted by Gasteiger charge is 2.18. The summed E-state index contributed by atoms with van der Waals surface area (Å²) in [4.78, 5) is 101. The first-order chi connectivity index (χ1) is 26.6. The molecule has 0 saturated heterocycles. The molecule has 0 bridgehead atoms. The molecule has 0 fully saturated rings. The first-order valence-electron chi connectivity index (χ1n) is 17.0. The van der Waals surface area contributed by atoms with Gasteiger partial charge >= 0.3 is 35.8 Å². The lowest BCUT2D eigenvalue weighted by molar-refractivity contribution is -0.157. The van der Waals surface area contributed by atoms with E-state index in [9.17, 15) is 43.2 Å². The first-order valence-corrected chi connectivity index (χ1v) is 17.7. The lowest BCUT2D eigenvalue weighted by Crippen LogP contribution is -2.22. The molecule has 302 valence electrons. The molecule has 0 aromatic heterocycles. The molecule has 0 N–H and O–H groups in total. The van der Waals surface area contributed by atoms with Crippen molar-refractivity contribution in [2.24, 2.45) is 0 Å². The molecule has 2 aromatic carbocycles. The Hall–Kier alpha value is -5.76. The van der Waals surface area contributed by atoms with E-state index in [1.54, 1.807) is 13.8 Å². The van der Waals surface area contributed by atoms with Crippen LogP contribution in [0.2, 0.25) is 0 Å². The summed E-state index contributed by atoms with van der Waals surface area (Å²) in [7, 11) is 6.33. The molecule has 1 atom stereocenters. The normalized spacial score (nSPS) is 9.30. The van der Waals surface area contributed by atoms with Crippen molar-refractivity contribution in [3.8, 4) is 0 Å². The zero-order valence-corrected chi connectivity index (χ0v) is 33.2. The standard InChI is InChI=1S/C17H22O9.C13H10O.C9H14O5.BH2P/c1-11(2)15(20)24-8-7-23-14(19)6-5-13(18)17(22)26-10-9-25-16(21)12(3)4;14-13(11-7-3-1-4-8-11)12-9-5-2-6-10-12;1-3-13-8(11)6-5-7(10)9(12)14-4-2;1-2/h1,3,5-10H2,2,4H3;1-10H;3-6H2,1-2H3;2H2. The summed E-state index contributed by atoms with van der Waals surface area (Å²) in [5.74, 6) is -6.01. The van der Waals surface area contributed by atoms with E-state index in [0.29, 0.717) is 0 Å². The van der Waals surface area contributed by atoms with E-state index in [4.69, 9.17) is 9.47 Å².